The third-order valence-corrected chi connectivity index (χ3v) is 11.9. The van der Waals surface area contributed by atoms with Crippen molar-refractivity contribution in [2.24, 2.45) is 0 Å². The highest BCUT2D eigenvalue weighted by atomic mass is 16.6. The second-order valence-electron chi connectivity index (χ2n) is 17.6. The normalized spacial score (nSPS) is 12.0. The van der Waals surface area contributed by atoms with Crippen molar-refractivity contribution in [2.45, 2.75) is 302 Å². The molecule has 0 aromatic rings. The Labute approximate surface area is 350 Å². The fraction of sp³-hybridized carbons (Fsp3) is 0.961. The molecule has 1 unspecified atom stereocenters. The van der Waals surface area contributed by atoms with E-state index in [9.17, 15) is 14.7 Å². The van der Waals surface area contributed by atoms with Crippen LogP contribution in [0.1, 0.15) is 296 Å². The molecular formula is C51H100O5. The number of hydrogen-bond acceptors (Lipinski definition) is 5. The molecule has 1 atom stereocenters. The predicted octanol–water partition coefficient (Wildman–Crippen LogP) is 16.6. The summed E-state index contributed by atoms with van der Waals surface area (Å²) in [5.74, 6) is -0.569. The SMILES string of the molecule is CCCCCCCCCCCCCCCCCCCCCCCCCCCCCCCC(=O)OC(CO)COC(=O)CCCCCCCCCCCCCCC. The average Bonchev–Trinajstić information content (AvgIpc) is 3.20. The van der Waals surface area contributed by atoms with Gasteiger partial charge >= 0.3 is 11.9 Å². The van der Waals surface area contributed by atoms with Crippen LogP contribution in [0.3, 0.4) is 0 Å². The van der Waals surface area contributed by atoms with Gasteiger partial charge in [-0.3, -0.25) is 9.59 Å². The molecule has 0 heterocycles. The van der Waals surface area contributed by atoms with Gasteiger partial charge in [-0.25, -0.2) is 0 Å². The molecule has 0 spiro atoms. The molecule has 0 aliphatic carbocycles. The zero-order chi connectivity index (χ0) is 40.7. The maximum Gasteiger partial charge on any atom is 0.306 e. The summed E-state index contributed by atoms with van der Waals surface area (Å²) >= 11 is 0. The van der Waals surface area contributed by atoms with Crippen molar-refractivity contribution in [3.8, 4) is 0 Å². The van der Waals surface area contributed by atoms with Crippen molar-refractivity contribution in [3.05, 3.63) is 0 Å². The van der Waals surface area contributed by atoms with Crippen molar-refractivity contribution in [1.82, 2.24) is 0 Å². The van der Waals surface area contributed by atoms with Crippen LogP contribution in [-0.2, 0) is 19.1 Å². The highest BCUT2D eigenvalue weighted by molar-refractivity contribution is 5.70. The minimum absolute atomic E-state index is 0.0564. The third kappa shape index (κ3) is 45.6. The first kappa shape index (κ1) is 54.9. The van der Waals surface area contributed by atoms with Gasteiger partial charge in [0.1, 0.15) is 6.61 Å². The molecule has 0 bridgehead atoms. The first-order chi connectivity index (χ1) is 27.6. The second-order valence-corrected chi connectivity index (χ2v) is 17.6. The average molecular weight is 793 g/mol. The van der Waals surface area contributed by atoms with E-state index in [1.54, 1.807) is 0 Å². The van der Waals surface area contributed by atoms with Crippen LogP contribution in [0.4, 0.5) is 0 Å². The van der Waals surface area contributed by atoms with Gasteiger partial charge in [0.2, 0.25) is 0 Å². The molecule has 0 radical (unpaired) electrons. The molecule has 5 nitrogen and oxygen atoms in total. The summed E-state index contributed by atoms with van der Waals surface area (Å²) in [5, 5.41) is 9.60. The molecular weight excluding hydrogens is 693 g/mol. The summed E-state index contributed by atoms with van der Waals surface area (Å²) in [6.45, 7) is 4.18. The number of hydrogen-bond donors (Lipinski definition) is 1. The van der Waals surface area contributed by atoms with Gasteiger partial charge in [0.05, 0.1) is 6.61 Å². The van der Waals surface area contributed by atoms with E-state index in [1.807, 2.05) is 0 Å². The van der Waals surface area contributed by atoms with Crippen molar-refractivity contribution >= 4 is 11.9 Å². The molecule has 0 saturated carbocycles. The Hall–Kier alpha value is -1.10. The van der Waals surface area contributed by atoms with Gasteiger partial charge in [-0.15, -0.1) is 0 Å². The largest absolute Gasteiger partial charge is 0.462 e. The van der Waals surface area contributed by atoms with Crippen LogP contribution in [0, 0.1) is 0 Å². The molecule has 0 amide bonds. The van der Waals surface area contributed by atoms with Crippen LogP contribution in [0.2, 0.25) is 0 Å². The van der Waals surface area contributed by atoms with Crippen LogP contribution in [-0.4, -0.2) is 36.4 Å². The molecule has 5 heteroatoms. The molecule has 0 saturated heterocycles. The van der Waals surface area contributed by atoms with E-state index in [0.717, 1.165) is 32.1 Å². The van der Waals surface area contributed by atoms with Crippen molar-refractivity contribution in [1.29, 1.82) is 0 Å². The molecule has 1 N–H and O–H groups in total. The van der Waals surface area contributed by atoms with Crippen molar-refractivity contribution in [3.63, 3.8) is 0 Å². The lowest BCUT2D eigenvalue weighted by Crippen LogP contribution is -2.28. The van der Waals surface area contributed by atoms with Crippen molar-refractivity contribution < 1.29 is 24.2 Å². The van der Waals surface area contributed by atoms with Crippen molar-refractivity contribution in [2.75, 3.05) is 13.2 Å². The fourth-order valence-corrected chi connectivity index (χ4v) is 8.03. The van der Waals surface area contributed by atoms with Gasteiger partial charge in [0.15, 0.2) is 6.10 Å². The van der Waals surface area contributed by atoms with Gasteiger partial charge in [0, 0.05) is 12.8 Å². The molecule has 0 rings (SSSR count). The summed E-state index contributed by atoms with van der Waals surface area (Å²) in [6.07, 6.45) is 56.4. The summed E-state index contributed by atoms with van der Waals surface area (Å²) < 4.78 is 10.7. The van der Waals surface area contributed by atoms with E-state index in [1.165, 1.54) is 238 Å². The van der Waals surface area contributed by atoms with Gasteiger partial charge in [0.25, 0.3) is 0 Å². The Morgan fingerprint density at radius 2 is 0.554 bits per heavy atom. The summed E-state index contributed by atoms with van der Waals surface area (Å²) in [4.78, 5) is 24.4. The number of aliphatic hydroxyl groups excluding tert-OH is 1. The Balaban J connectivity index is 3.37. The number of carbonyl (C=O) groups excluding carboxylic acids is 2. The maximum atomic E-state index is 12.2. The summed E-state index contributed by atoms with van der Waals surface area (Å²) in [5.41, 5.74) is 0. The van der Waals surface area contributed by atoms with E-state index in [2.05, 4.69) is 13.8 Å². The minimum Gasteiger partial charge on any atom is -0.462 e. The quantitative estimate of drug-likeness (QED) is 0.0491. The molecule has 0 aliphatic heterocycles. The number of unbranched alkanes of at least 4 members (excludes halogenated alkanes) is 40. The Bertz CT molecular complexity index is 769. The Morgan fingerprint density at radius 1 is 0.339 bits per heavy atom. The van der Waals surface area contributed by atoms with E-state index in [-0.39, 0.29) is 25.2 Å². The van der Waals surface area contributed by atoms with Crippen LogP contribution in [0.25, 0.3) is 0 Å². The first-order valence-electron chi connectivity index (χ1n) is 25.6. The lowest BCUT2D eigenvalue weighted by molar-refractivity contribution is -0.161. The van der Waals surface area contributed by atoms with Crippen LogP contribution >= 0.6 is 0 Å². The van der Waals surface area contributed by atoms with E-state index in [4.69, 9.17) is 9.47 Å². The van der Waals surface area contributed by atoms with E-state index < -0.39 is 6.10 Å². The van der Waals surface area contributed by atoms with Crippen LogP contribution in [0.5, 0.6) is 0 Å². The zero-order valence-corrected chi connectivity index (χ0v) is 38.2. The summed E-state index contributed by atoms with van der Waals surface area (Å²) in [7, 11) is 0. The summed E-state index contributed by atoms with van der Waals surface area (Å²) in [6, 6.07) is 0. The molecule has 0 fully saturated rings. The standard InChI is InChI=1S/C51H100O5/c1-3-5-7-9-11-13-15-17-18-19-20-21-22-23-24-25-26-27-28-29-30-31-32-34-36-38-40-42-44-46-51(54)56-49(47-52)48-55-50(53)45-43-41-39-37-35-33-16-14-12-10-8-6-4-2/h49,52H,3-48H2,1-2H3. The van der Waals surface area contributed by atoms with Gasteiger partial charge in [-0.1, -0.05) is 271 Å². The van der Waals surface area contributed by atoms with Gasteiger partial charge < -0.3 is 14.6 Å². The van der Waals surface area contributed by atoms with Gasteiger partial charge in [-0.05, 0) is 12.8 Å². The zero-order valence-electron chi connectivity index (χ0n) is 38.2. The Morgan fingerprint density at radius 3 is 0.786 bits per heavy atom. The number of esters is 2. The highest BCUT2D eigenvalue weighted by Gasteiger charge is 2.16. The molecule has 0 aliphatic rings. The smallest absolute Gasteiger partial charge is 0.306 e. The first-order valence-corrected chi connectivity index (χ1v) is 25.6. The number of ether oxygens (including phenoxy) is 2. The third-order valence-electron chi connectivity index (χ3n) is 11.9. The lowest BCUT2D eigenvalue weighted by Gasteiger charge is -2.15. The Kier molecular flexibility index (Phi) is 47.3. The lowest BCUT2D eigenvalue weighted by atomic mass is 10.0. The number of aliphatic hydroxyl groups is 1. The van der Waals surface area contributed by atoms with E-state index >= 15 is 0 Å². The topological polar surface area (TPSA) is 72.8 Å². The molecule has 0 aromatic heterocycles. The highest BCUT2D eigenvalue weighted by Crippen LogP contribution is 2.17. The monoisotopic (exact) mass is 793 g/mol. The van der Waals surface area contributed by atoms with E-state index in [0.29, 0.717) is 12.8 Å². The number of rotatable bonds is 48. The van der Waals surface area contributed by atoms with Crippen LogP contribution < -0.4 is 0 Å². The maximum absolute atomic E-state index is 12.2. The second kappa shape index (κ2) is 48.3. The minimum atomic E-state index is -0.762. The molecule has 0 aromatic carbocycles. The number of carbonyl (C=O) groups is 2. The fourth-order valence-electron chi connectivity index (χ4n) is 8.03. The van der Waals surface area contributed by atoms with Gasteiger partial charge in [-0.2, -0.15) is 0 Å². The molecule has 56 heavy (non-hydrogen) atoms. The van der Waals surface area contributed by atoms with Crippen LogP contribution in [0.15, 0.2) is 0 Å². The predicted molar refractivity (Wildman–Crippen MR) is 242 cm³/mol. The molecule has 334 valence electrons.